The molecule has 0 heterocycles. The van der Waals surface area contributed by atoms with Crippen molar-refractivity contribution in [3.8, 4) is 0 Å². The normalized spacial score (nSPS) is 12.3. The molecular formula is C10H11F2NO2. The van der Waals surface area contributed by atoms with E-state index in [4.69, 9.17) is 5.11 Å². The Hall–Kier alpha value is -1.49. The SMILES string of the molecule is CC(O)C(=O)NCc1ccc(F)c(F)c1. The molecule has 1 aromatic rings. The van der Waals surface area contributed by atoms with Crippen molar-refractivity contribution in [2.45, 2.75) is 19.6 Å². The highest BCUT2D eigenvalue weighted by Crippen LogP contribution is 2.08. The molecule has 0 aliphatic heterocycles. The van der Waals surface area contributed by atoms with Gasteiger partial charge < -0.3 is 10.4 Å². The monoisotopic (exact) mass is 215 g/mol. The van der Waals surface area contributed by atoms with Crippen LogP contribution in [0.25, 0.3) is 0 Å². The van der Waals surface area contributed by atoms with Crippen molar-refractivity contribution in [3.05, 3.63) is 35.4 Å². The van der Waals surface area contributed by atoms with Crippen LogP contribution in [0.15, 0.2) is 18.2 Å². The third kappa shape index (κ3) is 3.28. The first kappa shape index (κ1) is 11.6. The van der Waals surface area contributed by atoms with Gasteiger partial charge >= 0.3 is 0 Å². The van der Waals surface area contributed by atoms with Crippen LogP contribution in [0.4, 0.5) is 8.78 Å². The molecule has 0 spiro atoms. The lowest BCUT2D eigenvalue weighted by atomic mass is 10.2. The molecule has 0 saturated heterocycles. The molecule has 1 amide bonds. The lowest BCUT2D eigenvalue weighted by molar-refractivity contribution is -0.128. The fourth-order valence-corrected chi connectivity index (χ4v) is 0.986. The zero-order valence-corrected chi connectivity index (χ0v) is 8.13. The Morgan fingerprint density at radius 1 is 1.47 bits per heavy atom. The van der Waals surface area contributed by atoms with Gasteiger partial charge in [0.1, 0.15) is 6.10 Å². The third-order valence-electron chi connectivity index (χ3n) is 1.83. The Morgan fingerprint density at radius 2 is 2.13 bits per heavy atom. The molecule has 5 heteroatoms. The van der Waals surface area contributed by atoms with Crippen molar-refractivity contribution in [2.75, 3.05) is 0 Å². The number of amides is 1. The average molecular weight is 215 g/mol. The van der Waals surface area contributed by atoms with Gasteiger partial charge in [-0.2, -0.15) is 0 Å². The molecule has 1 aromatic carbocycles. The van der Waals surface area contributed by atoms with Crippen LogP contribution in [0.1, 0.15) is 12.5 Å². The second-order valence-electron chi connectivity index (χ2n) is 3.14. The Balaban J connectivity index is 2.58. The molecule has 82 valence electrons. The number of nitrogens with one attached hydrogen (secondary N) is 1. The predicted octanol–water partition coefficient (Wildman–Crippen LogP) is 0.962. The maximum Gasteiger partial charge on any atom is 0.248 e. The Labute approximate surface area is 85.7 Å². The maximum absolute atomic E-state index is 12.7. The highest BCUT2D eigenvalue weighted by molar-refractivity contribution is 5.79. The standard InChI is InChI=1S/C10H11F2NO2/c1-6(14)10(15)13-5-7-2-3-8(11)9(12)4-7/h2-4,6,14H,5H2,1H3,(H,13,15). The van der Waals surface area contributed by atoms with Gasteiger partial charge in [-0.1, -0.05) is 6.07 Å². The first-order valence-corrected chi connectivity index (χ1v) is 4.40. The van der Waals surface area contributed by atoms with Gasteiger partial charge in [-0.05, 0) is 24.6 Å². The molecule has 0 radical (unpaired) electrons. The summed E-state index contributed by atoms with van der Waals surface area (Å²) in [5, 5.41) is 11.2. The minimum Gasteiger partial charge on any atom is -0.384 e. The summed E-state index contributed by atoms with van der Waals surface area (Å²) in [5.41, 5.74) is 0.433. The Morgan fingerprint density at radius 3 is 2.67 bits per heavy atom. The number of halogens is 2. The number of rotatable bonds is 3. The van der Waals surface area contributed by atoms with Gasteiger partial charge in [0.15, 0.2) is 11.6 Å². The summed E-state index contributed by atoms with van der Waals surface area (Å²) in [6.07, 6.45) is -1.12. The lowest BCUT2D eigenvalue weighted by Crippen LogP contribution is -2.31. The summed E-state index contributed by atoms with van der Waals surface area (Å²) in [4.78, 5) is 10.9. The Bertz CT molecular complexity index is 366. The number of benzene rings is 1. The second kappa shape index (κ2) is 4.84. The van der Waals surface area contributed by atoms with Crippen LogP contribution < -0.4 is 5.32 Å². The smallest absolute Gasteiger partial charge is 0.248 e. The van der Waals surface area contributed by atoms with Gasteiger partial charge in [0.2, 0.25) is 5.91 Å². The third-order valence-corrected chi connectivity index (χ3v) is 1.83. The molecule has 1 unspecified atom stereocenters. The fraction of sp³-hybridized carbons (Fsp3) is 0.300. The van der Waals surface area contributed by atoms with E-state index in [1.54, 1.807) is 0 Å². The molecule has 0 saturated carbocycles. The number of aliphatic hydroxyl groups excluding tert-OH is 1. The first-order chi connectivity index (χ1) is 7.00. The van der Waals surface area contributed by atoms with Gasteiger partial charge in [-0.15, -0.1) is 0 Å². The molecule has 0 bridgehead atoms. The summed E-state index contributed by atoms with van der Waals surface area (Å²) in [5.74, 6) is -2.45. The van der Waals surface area contributed by atoms with E-state index < -0.39 is 23.6 Å². The molecule has 3 nitrogen and oxygen atoms in total. The fourth-order valence-electron chi connectivity index (χ4n) is 0.986. The molecule has 0 aliphatic rings. The number of hydrogen-bond donors (Lipinski definition) is 2. The quantitative estimate of drug-likeness (QED) is 0.789. The molecule has 0 aliphatic carbocycles. The summed E-state index contributed by atoms with van der Waals surface area (Å²) < 4.78 is 25.2. The first-order valence-electron chi connectivity index (χ1n) is 4.40. The lowest BCUT2D eigenvalue weighted by Gasteiger charge is -2.07. The van der Waals surface area contributed by atoms with Crippen LogP contribution in [0, 0.1) is 11.6 Å². The van der Waals surface area contributed by atoms with E-state index >= 15 is 0 Å². The van der Waals surface area contributed by atoms with Gasteiger partial charge in [0.05, 0.1) is 0 Å². The number of hydrogen-bond acceptors (Lipinski definition) is 2. The van der Waals surface area contributed by atoms with Crippen molar-refractivity contribution in [1.82, 2.24) is 5.32 Å². The average Bonchev–Trinajstić information content (AvgIpc) is 2.19. The zero-order valence-electron chi connectivity index (χ0n) is 8.13. The van der Waals surface area contributed by atoms with E-state index in [2.05, 4.69) is 5.32 Å². The van der Waals surface area contributed by atoms with E-state index in [0.717, 1.165) is 12.1 Å². The van der Waals surface area contributed by atoms with Gasteiger partial charge in [0.25, 0.3) is 0 Å². The van der Waals surface area contributed by atoms with Gasteiger partial charge in [-0.25, -0.2) is 8.78 Å². The summed E-state index contributed by atoms with van der Waals surface area (Å²) in [6, 6.07) is 3.34. The summed E-state index contributed by atoms with van der Waals surface area (Å²) in [6.45, 7) is 1.38. The maximum atomic E-state index is 12.7. The predicted molar refractivity (Wildman–Crippen MR) is 49.9 cm³/mol. The van der Waals surface area contributed by atoms with E-state index in [1.807, 2.05) is 0 Å². The summed E-state index contributed by atoms with van der Waals surface area (Å²) in [7, 11) is 0. The van der Waals surface area contributed by atoms with Crippen molar-refractivity contribution in [3.63, 3.8) is 0 Å². The topological polar surface area (TPSA) is 49.3 Å². The van der Waals surface area contributed by atoms with Crippen LogP contribution >= 0.6 is 0 Å². The van der Waals surface area contributed by atoms with Crippen LogP contribution in [0.2, 0.25) is 0 Å². The van der Waals surface area contributed by atoms with Crippen molar-refractivity contribution in [2.24, 2.45) is 0 Å². The van der Waals surface area contributed by atoms with E-state index in [9.17, 15) is 13.6 Å². The number of aliphatic hydroxyl groups is 1. The second-order valence-corrected chi connectivity index (χ2v) is 3.14. The molecule has 1 atom stereocenters. The van der Waals surface area contributed by atoms with Crippen LogP contribution in [-0.4, -0.2) is 17.1 Å². The zero-order chi connectivity index (χ0) is 11.4. The van der Waals surface area contributed by atoms with E-state index in [1.165, 1.54) is 13.0 Å². The molecule has 1 rings (SSSR count). The molecular weight excluding hydrogens is 204 g/mol. The van der Waals surface area contributed by atoms with E-state index in [0.29, 0.717) is 5.56 Å². The molecule has 0 fully saturated rings. The molecule has 2 N–H and O–H groups in total. The van der Waals surface area contributed by atoms with Crippen molar-refractivity contribution < 1.29 is 18.7 Å². The van der Waals surface area contributed by atoms with Gasteiger partial charge in [-0.3, -0.25) is 4.79 Å². The van der Waals surface area contributed by atoms with Gasteiger partial charge in [0, 0.05) is 6.54 Å². The van der Waals surface area contributed by atoms with Crippen molar-refractivity contribution >= 4 is 5.91 Å². The van der Waals surface area contributed by atoms with E-state index in [-0.39, 0.29) is 6.54 Å². The summed E-state index contributed by atoms with van der Waals surface area (Å²) >= 11 is 0. The van der Waals surface area contributed by atoms with Crippen LogP contribution in [0.3, 0.4) is 0 Å². The minimum absolute atomic E-state index is 0.0565. The number of carbonyl (C=O) groups excluding carboxylic acids is 1. The van der Waals surface area contributed by atoms with Crippen LogP contribution in [-0.2, 0) is 11.3 Å². The van der Waals surface area contributed by atoms with Crippen molar-refractivity contribution in [1.29, 1.82) is 0 Å². The number of carbonyl (C=O) groups is 1. The molecule has 15 heavy (non-hydrogen) atoms. The largest absolute Gasteiger partial charge is 0.384 e. The minimum atomic E-state index is -1.12. The highest BCUT2D eigenvalue weighted by atomic mass is 19.2. The highest BCUT2D eigenvalue weighted by Gasteiger charge is 2.08. The Kier molecular flexibility index (Phi) is 3.74. The molecule has 0 aromatic heterocycles. The van der Waals surface area contributed by atoms with Crippen LogP contribution in [0.5, 0.6) is 0 Å².